The summed E-state index contributed by atoms with van der Waals surface area (Å²) in [6.07, 6.45) is 3.42. The van der Waals surface area contributed by atoms with Crippen LogP contribution in [0.25, 0.3) is 0 Å². The Labute approximate surface area is 60.0 Å². The smallest absolute Gasteiger partial charge is 0.132 e. The molecule has 10 heavy (non-hydrogen) atoms. The summed E-state index contributed by atoms with van der Waals surface area (Å²) in [5.74, 6) is 0. The van der Waals surface area contributed by atoms with E-state index in [-0.39, 0.29) is 5.71 Å². The van der Waals surface area contributed by atoms with Crippen LogP contribution in [0, 0.1) is 22.1 Å². The van der Waals surface area contributed by atoms with E-state index < -0.39 is 0 Å². The maximum atomic E-state index is 8.12. The van der Waals surface area contributed by atoms with Crippen molar-refractivity contribution in [3.63, 3.8) is 0 Å². The molecule has 0 aliphatic carbocycles. The van der Waals surface area contributed by atoms with E-state index in [9.17, 15) is 0 Å². The van der Waals surface area contributed by atoms with Gasteiger partial charge >= 0.3 is 0 Å². The van der Waals surface area contributed by atoms with Gasteiger partial charge in [-0.15, -0.1) is 0 Å². The van der Waals surface area contributed by atoms with Crippen LogP contribution in [0.3, 0.4) is 0 Å². The molecule has 0 heterocycles. The number of nitrogens with one attached hydrogen (secondary N) is 2. The van der Waals surface area contributed by atoms with Gasteiger partial charge in [-0.2, -0.15) is 5.26 Å². The van der Waals surface area contributed by atoms with Gasteiger partial charge in [-0.3, -0.25) is 5.41 Å². The van der Waals surface area contributed by atoms with Gasteiger partial charge in [0, 0.05) is 5.71 Å². The fourth-order valence-electron chi connectivity index (χ4n) is 0.339. The summed E-state index contributed by atoms with van der Waals surface area (Å²) < 4.78 is 0. The summed E-state index contributed by atoms with van der Waals surface area (Å²) in [7, 11) is 0. The lowest BCUT2D eigenvalue weighted by Crippen LogP contribution is -1.89. The summed E-state index contributed by atoms with van der Waals surface area (Å²) in [6.45, 7) is 1.85. The fourth-order valence-corrected chi connectivity index (χ4v) is 0.339. The van der Waals surface area contributed by atoms with Gasteiger partial charge in [-0.05, 0) is 18.6 Å². The first-order valence-electron chi connectivity index (χ1n) is 2.94. The average Bonchev–Trinajstić information content (AvgIpc) is 1.99. The minimum atomic E-state index is -0.113. The Morgan fingerprint density at radius 3 is 2.50 bits per heavy atom. The molecule has 0 aromatic rings. The molecule has 3 heteroatoms. The number of nitrogens with zero attached hydrogens (tertiary/aromatic N) is 1. The van der Waals surface area contributed by atoms with Crippen molar-refractivity contribution in [2.75, 3.05) is 0 Å². The molecule has 0 aliphatic rings. The molecule has 2 N–H and O–H groups in total. The van der Waals surface area contributed by atoms with Crippen LogP contribution in [0.4, 0.5) is 0 Å². The van der Waals surface area contributed by atoms with Crippen LogP contribution in [0.1, 0.15) is 13.3 Å². The molecule has 0 saturated carbocycles. The van der Waals surface area contributed by atoms with E-state index in [0.29, 0.717) is 12.1 Å². The largest absolute Gasteiger partial charge is 0.305 e. The van der Waals surface area contributed by atoms with Gasteiger partial charge in [-0.25, -0.2) is 0 Å². The lowest BCUT2D eigenvalue weighted by atomic mass is 10.2. The van der Waals surface area contributed by atoms with Crippen molar-refractivity contribution in [1.82, 2.24) is 0 Å². The summed E-state index contributed by atoms with van der Waals surface area (Å²) in [6, 6.07) is 1.64. The first-order chi connectivity index (χ1) is 4.70. The Kier molecular flexibility index (Phi) is 3.81. The first kappa shape index (κ1) is 8.57. The Bertz CT molecular complexity index is 207. The zero-order valence-electron chi connectivity index (χ0n) is 5.81. The normalized spacial score (nSPS) is 9.20. The van der Waals surface area contributed by atoms with E-state index >= 15 is 0 Å². The van der Waals surface area contributed by atoms with Gasteiger partial charge in [0.15, 0.2) is 0 Å². The molecule has 0 rings (SSSR count). The summed E-state index contributed by atoms with van der Waals surface area (Å²) >= 11 is 0. The number of allylic oxidation sites excluding steroid dienone is 2. The van der Waals surface area contributed by atoms with Crippen molar-refractivity contribution in [2.24, 2.45) is 0 Å². The molecule has 0 aliphatic heterocycles. The zero-order chi connectivity index (χ0) is 7.98. The van der Waals surface area contributed by atoms with E-state index in [1.165, 1.54) is 12.2 Å². The molecule has 0 fully saturated rings. The summed E-state index contributed by atoms with van der Waals surface area (Å²) in [5, 5.41) is 22.1. The van der Waals surface area contributed by atoms with Gasteiger partial charge in [0.2, 0.25) is 0 Å². The molecule has 0 spiro atoms. The van der Waals surface area contributed by atoms with Crippen LogP contribution in [0.2, 0.25) is 0 Å². The van der Waals surface area contributed by atoms with E-state index in [2.05, 4.69) is 0 Å². The van der Waals surface area contributed by atoms with Crippen LogP contribution in [-0.2, 0) is 0 Å². The number of hydrogen-bond acceptors (Lipinski definition) is 3. The zero-order valence-corrected chi connectivity index (χ0v) is 5.81. The van der Waals surface area contributed by atoms with E-state index in [4.69, 9.17) is 16.1 Å². The van der Waals surface area contributed by atoms with Gasteiger partial charge in [-0.1, -0.05) is 6.92 Å². The maximum absolute atomic E-state index is 8.12. The molecule has 0 unspecified atom stereocenters. The van der Waals surface area contributed by atoms with E-state index in [1.54, 1.807) is 6.07 Å². The lowest BCUT2D eigenvalue weighted by Gasteiger charge is -1.85. The van der Waals surface area contributed by atoms with Gasteiger partial charge in [0.05, 0.1) is 0 Å². The number of hydrogen-bond donors (Lipinski definition) is 2. The second kappa shape index (κ2) is 4.45. The molecule has 0 atom stereocenters. The van der Waals surface area contributed by atoms with E-state index in [1.807, 2.05) is 6.92 Å². The van der Waals surface area contributed by atoms with E-state index in [0.717, 1.165) is 0 Å². The SMILES string of the molecule is CCC(=N)/C=C\C(=N)C#N. The minimum Gasteiger partial charge on any atom is -0.305 e. The van der Waals surface area contributed by atoms with Crippen molar-refractivity contribution < 1.29 is 0 Å². The molecular weight excluding hydrogens is 126 g/mol. The maximum Gasteiger partial charge on any atom is 0.132 e. The molecule has 0 amide bonds. The molecular formula is C7H9N3. The molecule has 0 radical (unpaired) electrons. The minimum absolute atomic E-state index is 0.113. The third-order valence-electron chi connectivity index (χ3n) is 0.953. The van der Waals surface area contributed by atoms with Crippen LogP contribution < -0.4 is 0 Å². The van der Waals surface area contributed by atoms with Crippen LogP contribution >= 0.6 is 0 Å². The Morgan fingerprint density at radius 2 is 2.10 bits per heavy atom. The van der Waals surface area contributed by atoms with Gasteiger partial charge < -0.3 is 5.41 Å². The third kappa shape index (κ3) is 3.56. The summed E-state index contributed by atoms with van der Waals surface area (Å²) in [4.78, 5) is 0. The third-order valence-corrected chi connectivity index (χ3v) is 0.953. The van der Waals surface area contributed by atoms with Gasteiger partial charge in [0.25, 0.3) is 0 Å². The quantitative estimate of drug-likeness (QED) is 0.566. The van der Waals surface area contributed by atoms with Crippen LogP contribution in [-0.4, -0.2) is 11.4 Å². The molecule has 0 bridgehead atoms. The molecule has 3 nitrogen and oxygen atoms in total. The predicted molar refractivity (Wildman–Crippen MR) is 40.5 cm³/mol. The highest BCUT2D eigenvalue weighted by atomic mass is 14.4. The molecule has 0 aromatic heterocycles. The number of rotatable bonds is 3. The Morgan fingerprint density at radius 1 is 1.50 bits per heavy atom. The fraction of sp³-hybridized carbons (Fsp3) is 0.286. The highest BCUT2D eigenvalue weighted by Gasteiger charge is 1.86. The number of nitriles is 1. The lowest BCUT2D eigenvalue weighted by molar-refractivity contribution is 1.26. The standard InChI is InChI=1S/C7H9N3/c1-2-6(9)3-4-7(10)5-8/h3-4,9-10H,2H2,1H3/b4-3-,9-6?,10-7?. The Balaban J connectivity index is 3.91. The van der Waals surface area contributed by atoms with Crippen molar-refractivity contribution in [3.05, 3.63) is 12.2 Å². The summed E-state index contributed by atoms with van der Waals surface area (Å²) in [5.41, 5.74) is 0.318. The average molecular weight is 135 g/mol. The monoisotopic (exact) mass is 135 g/mol. The molecule has 52 valence electrons. The van der Waals surface area contributed by atoms with Gasteiger partial charge in [0.1, 0.15) is 11.8 Å². The van der Waals surface area contributed by atoms with Crippen molar-refractivity contribution in [1.29, 1.82) is 16.1 Å². The topological polar surface area (TPSA) is 71.5 Å². The van der Waals surface area contributed by atoms with Crippen LogP contribution in [0.15, 0.2) is 12.2 Å². The highest BCUT2D eigenvalue weighted by Crippen LogP contribution is 1.84. The predicted octanol–water partition coefficient (Wildman–Crippen LogP) is 1.52. The van der Waals surface area contributed by atoms with Crippen molar-refractivity contribution >= 4 is 11.4 Å². The first-order valence-corrected chi connectivity index (χ1v) is 2.94. The molecule has 0 aromatic carbocycles. The van der Waals surface area contributed by atoms with Crippen LogP contribution in [0.5, 0.6) is 0 Å². The second-order valence-electron chi connectivity index (χ2n) is 1.74. The Hall–Kier alpha value is -1.43. The highest BCUT2D eigenvalue weighted by molar-refractivity contribution is 6.08. The molecule has 0 saturated heterocycles. The van der Waals surface area contributed by atoms with Crippen molar-refractivity contribution in [2.45, 2.75) is 13.3 Å². The van der Waals surface area contributed by atoms with Crippen molar-refractivity contribution in [3.8, 4) is 6.07 Å². The second-order valence-corrected chi connectivity index (χ2v) is 1.74.